The first-order chi connectivity index (χ1) is 13.5. The van der Waals surface area contributed by atoms with Gasteiger partial charge in [0.05, 0.1) is 6.04 Å². The van der Waals surface area contributed by atoms with Crippen LogP contribution < -0.4 is 5.32 Å². The van der Waals surface area contributed by atoms with Gasteiger partial charge in [0.2, 0.25) is 0 Å². The number of aryl methyl sites for hydroxylation is 2. The largest absolute Gasteiger partial charge is 0.345 e. The Kier molecular flexibility index (Phi) is 6.90. The van der Waals surface area contributed by atoms with Crippen LogP contribution in [0.1, 0.15) is 71.8 Å². The molecule has 150 valence electrons. The summed E-state index contributed by atoms with van der Waals surface area (Å²) in [5, 5.41) is 3.20. The first kappa shape index (κ1) is 20.6. The normalized spacial score (nSPS) is 18.6. The van der Waals surface area contributed by atoms with Gasteiger partial charge in [-0.1, -0.05) is 44.2 Å². The molecule has 3 rings (SSSR count). The van der Waals surface area contributed by atoms with Gasteiger partial charge in [-0.2, -0.15) is 0 Å². The summed E-state index contributed by atoms with van der Waals surface area (Å²) in [4.78, 5) is 15.3. The third kappa shape index (κ3) is 5.23. The Bertz CT molecular complexity index is 797. The van der Waals surface area contributed by atoms with Gasteiger partial charge in [-0.05, 0) is 80.0 Å². The molecule has 1 fully saturated rings. The van der Waals surface area contributed by atoms with Crippen molar-refractivity contribution in [3.8, 4) is 0 Å². The number of piperidine rings is 1. The van der Waals surface area contributed by atoms with Gasteiger partial charge >= 0.3 is 0 Å². The smallest absolute Gasteiger partial charge is 0.251 e. The fourth-order valence-corrected chi connectivity index (χ4v) is 4.09. The zero-order valence-electron chi connectivity index (χ0n) is 17.8. The number of likely N-dealkylation sites (tertiary alicyclic amines) is 1. The molecule has 1 N–H and O–H groups in total. The van der Waals surface area contributed by atoms with Gasteiger partial charge in [-0.25, -0.2) is 0 Å². The van der Waals surface area contributed by atoms with E-state index in [1.165, 1.54) is 48.2 Å². The van der Waals surface area contributed by atoms with Crippen LogP contribution in [-0.4, -0.2) is 23.9 Å². The van der Waals surface area contributed by atoms with Crippen LogP contribution in [0.15, 0.2) is 42.5 Å². The Hall–Kier alpha value is -2.13. The van der Waals surface area contributed by atoms with E-state index in [2.05, 4.69) is 68.2 Å². The minimum atomic E-state index is 0.00298. The average molecular weight is 379 g/mol. The molecule has 0 unspecified atom stereocenters. The van der Waals surface area contributed by atoms with Crippen molar-refractivity contribution in [3.63, 3.8) is 0 Å². The average Bonchev–Trinajstić information content (AvgIpc) is 2.69. The molecule has 3 heteroatoms. The summed E-state index contributed by atoms with van der Waals surface area (Å²) in [6.45, 7) is 12.0. The van der Waals surface area contributed by atoms with E-state index in [1.807, 2.05) is 12.1 Å². The molecule has 0 radical (unpaired) electrons. The SMILES string of the molecule is CC[C@@H](NC(=O)c1ccc(CN2CCC[C@@H](C)C2)cc1)c1ccc(C)c(C)c1. The van der Waals surface area contributed by atoms with E-state index < -0.39 is 0 Å². The number of nitrogens with one attached hydrogen (secondary N) is 1. The molecular formula is C25H34N2O. The summed E-state index contributed by atoms with van der Waals surface area (Å²) in [5.41, 5.74) is 5.74. The second kappa shape index (κ2) is 9.38. The Morgan fingerprint density at radius 3 is 2.54 bits per heavy atom. The van der Waals surface area contributed by atoms with Crippen molar-refractivity contribution in [2.45, 2.75) is 59.5 Å². The first-order valence-corrected chi connectivity index (χ1v) is 10.7. The number of amides is 1. The summed E-state index contributed by atoms with van der Waals surface area (Å²) in [6, 6.07) is 14.6. The van der Waals surface area contributed by atoms with Gasteiger partial charge in [-0.3, -0.25) is 9.69 Å². The Balaban J connectivity index is 1.62. The highest BCUT2D eigenvalue weighted by Crippen LogP contribution is 2.21. The van der Waals surface area contributed by atoms with Crippen LogP contribution in [0.3, 0.4) is 0 Å². The van der Waals surface area contributed by atoms with Crippen molar-refractivity contribution in [2.24, 2.45) is 5.92 Å². The van der Waals surface area contributed by atoms with Gasteiger partial charge in [0.25, 0.3) is 5.91 Å². The molecule has 0 aliphatic carbocycles. The van der Waals surface area contributed by atoms with Gasteiger partial charge in [0, 0.05) is 18.7 Å². The summed E-state index contributed by atoms with van der Waals surface area (Å²) < 4.78 is 0. The topological polar surface area (TPSA) is 32.3 Å². The number of carbonyl (C=O) groups is 1. The highest BCUT2D eigenvalue weighted by Gasteiger charge is 2.17. The maximum absolute atomic E-state index is 12.8. The molecular weight excluding hydrogens is 344 g/mol. The lowest BCUT2D eigenvalue weighted by Crippen LogP contribution is -2.33. The van der Waals surface area contributed by atoms with Crippen molar-refractivity contribution in [2.75, 3.05) is 13.1 Å². The third-order valence-electron chi connectivity index (χ3n) is 6.01. The van der Waals surface area contributed by atoms with Crippen molar-refractivity contribution < 1.29 is 4.79 Å². The molecule has 1 heterocycles. The summed E-state index contributed by atoms with van der Waals surface area (Å²) in [7, 11) is 0. The molecule has 0 bridgehead atoms. The number of rotatable bonds is 6. The summed E-state index contributed by atoms with van der Waals surface area (Å²) >= 11 is 0. The van der Waals surface area contributed by atoms with E-state index >= 15 is 0 Å². The van der Waals surface area contributed by atoms with Crippen LogP contribution in [0.5, 0.6) is 0 Å². The van der Waals surface area contributed by atoms with E-state index in [1.54, 1.807) is 0 Å². The van der Waals surface area contributed by atoms with E-state index in [-0.39, 0.29) is 11.9 Å². The third-order valence-corrected chi connectivity index (χ3v) is 6.01. The van der Waals surface area contributed by atoms with Gasteiger partial charge in [0.15, 0.2) is 0 Å². The van der Waals surface area contributed by atoms with Crippen LogP contribution in [0.25, 0.3) is 0 Å². The molecule has 1 aliphatic rings. The molecule has 1 saturated heterocycles. The lowest BCUT2D eigenvalue weighted by Gasteiger charge is -2.30. The molecule has 2 aromatic rings. The molecule has 1 aliphatic heterocycles. The number of carbonyl (C=O) groups excluding carboxylic acids is 1. The highest BCUT2D eigenvalue weighted by molar-refractivity contribution is 5.94. The van der Waals surface area contributed by atoms with Gasteiger partial charge in [0.1, 0.15) is 0 Å². The van der Waals surface area contributed by atoms with Crippen LogP contribution in [-0.2, 0) is 6.54 Å². The Labute approximate surface area is 170 Å². The van der Waals surface area contributed by atoms with Crippen LogP contribution in [0.4, 0.5) is 0 Å². The van der Waals surface area contributed by atoms with Crippen molar-refractivity contribution in [1.29, 1.82) is 0 Å². The standard InChI is InChI=1S/C25H34N2O/c1-5-24(23-11-8-19(3)20(4)15-23)26-25(28)22-12-9-21(10-13-22)17-27-14-6-7-18(2)16-27/h8-13,15,18,24H,5-7,14,16-17H2,1-4H3,(H,26,28)/t18-,24-/m1/s1. The van der Waals surface area contributed by atoms with Gasteiger partial charge in [-0.15, -0.1) is 0 Å². The predicted octanol–water partition coefficient (Wildman–Crippen LogP) is 5.42. The number of nitrogens with zero attached hydrogens (tertiary/aromatic N) is 1. The van der Waals surface area contributed by atoms with Gasteiger partial charge < -0.3 is 5.32 Å². The molecule has 3 nitrogen and oxygen atoms in total. The van der Waals surface area contributed by atoms with E-state index in [0.29, 0.717) is 0 Å². The van der Waals surface area contributed by atoms with Crippen LogP contribution in [0.2, 0.25) is 0 Å². The van der Waals surface area contributed by atoms with Crippen molar-refractivity contribution in [1.82, 2.24) is 10.2 Å². The lowest BCUT2D eigenvalue weighted by molar-refractivity contribution is 0.0935. The van der Waals surface area contributed by atoms with Crippen molar-refractivity contribution >= 4 is 5.91 Å². The molecule has 2 atom stereocenters. The van der Waals surface area contributed by atoms with Crippen LogP contribution >= 0.6 is 0 Å². The maximum Gasteiger partial charge on any atom is 0.251 e. The second-order valence-electron chi connectivity index (χ2n) is 8.46. The minimum Gasteiger partial charge on any atom is -0.345 e. The Morgan fingerprint density at radius 1 is 1.14 bits per heavy atom. The highest BCUT2D eigenvalue weighted by atomic mass is 16.1. The monoisotopic (exact) mass is 378 g/mol. The molecule has 0 aromatic heterocycles. The minimum absolute atomic E-state index is 0.00298. The number of hydrogen-bond donors (Lipinski definition) is 1. The van der Waals surface area contributed by atoms with E-state index in [0.717, 1.165) is 24.4 Å². The second-order valence-corrected chi connectivity index (χ2v) is 8.46. The lowest BCUT2D eigenvalue weighted by atomic mass is 9.99. The maximum atomic E-state index is 12.8. The van der Waals surface area contributed by atoms with Crippen LogP contribution in [0, 0.1) is 19.8 Å². The zero-order chi connectivity index (χ0) is 20.1. The summed E-state index contributed by atoms with van der Waals surface area (Å²) in [6.07, 6.45) is 3.51. The molecule has 2 aromatic carbocycles. The fraction of sp³-hybridized carbons (Fsp3) is 0.480. The molecule has 0 spiro atoms. The predicted molar refractivity (Wildman–Crippen MR) is 117 cm³/mol. The van der Waals surface area contributed by atoms with E-state index in [9.17, 15) is 4.79 Å². The quantitative estimate of drug-likeness (QED) is 0.728. The molecule has 28 heavy (non-hydrogen) atoms. The Morgan fingerprint density at radius 2 is 1.89 bits per heavy atom. The van der Waals surface area contributed by atoms with E-state index in [4.69, 9.17) is 0 Å². The van der Waals surface area contributed by atoms with Crippen molar-refractivity contribution in [3.05, 3.63) is 70.3 Å². The zero-order valence-corrected chi connectivity index (χ0v) is 17.8. The molecule has 0 saturated carbocycles. The fourth-order valence-electron chi connectivity index (χ4n) is 4.09. The number of hydrogen-bond acceptors (Lipinski definition) is 2. The number of benzene rings is 2. The molecule has 1 amide bonds. The summed E-state index contributed by atoms with van der Waals surface area (Å²) in [5.74, 6) is 0.790. The first-order valence-electron chi connectivity index (χ1n) is 10.7.